The molecule has 2 aromatic carbocycles. The molecule has 8 nitrogen and oxygen atoms in total. The molecule has 174 valence electrons. The number of rotatable bonds is 10. The van der Waals surface area contributed by atoms with Crippen molar-refractivity contribution in [2.75, 3.05) is 43.5 Å². The summed E-state index contributed by atoms with van der Waals surface area (Å²) in [6.07, 6.45) is 2.79. The molecule has 1 fully saturated rings. The normalized spacial score (nSPS) is 14.6. The molecule has 0 unspecified atom stereocenters. The van der Waals surface area contributed by atoms with Gasteiger partial charge in [-0.15, -0.1) is 0 Å². The van der Waals surface area contributed by atoms with Crippen LogP contribution >= 0.6 is 0 Å². The largest absolute Gasteiger partial charge is 0.494 e. The van der Waals surface area contributed by atoms with Crippen LogP contribution in [0.25, 0.3) is 0 Å². The fraction of sp³-hybridized carbons (Fsp3) is 0.435. The van der Waals surface area contributed by atoms with E-state index in [1.165, 1.54) is 10.4 Å². The van der Waals surface area contributed by atoms with Crippen molar-refractivity contribution in [1.82, 2.24) is 4.31 Å². The van der Waals surface area contributed by atoms with E-state index >= 15 is 0 Å². The molecular weight excluding hydrogens is 430 g/mol. The minimum atomic E-state index is -3.56. The second-order valence-electron chi connectivity index (χ2n) is 7.42. The second-order valence-corrected chi connectivity index (χ2v) is 9.36. The highest BCUT2D eigenvalue weighted by molar-refractivity contribution is 7.89. The molecule has 0 aliphatic carbocycles. The molecule has 0 aromatic heterocycles. The monoisotopic (exact) mass is 461 g/mol. The Balaban J connectivity index is 1.66. The third-order valence-electron chi connectivity index (χ3n) is 5.07. The lowest BCUT2D eigenvalue weighted by atomic mass is 10.2. The number of nitrogens with one attached hydrogen (secondary N) is 2. The molecule has 1 aliphatic heterocycles. The number of sulfonamides is 1. The summed E-state index contributed by atoms with van der Waals surface area (Å²) in [6, 6.07) is 11.8. The number of amides is 1. The maximum absolute atomic E-state index is 12.9. The summed E-state index contributed by atoms with van der Waals surface area (Å²) >= 11 is 0. The average molecular weight is 462 g/mol. The zero-order chi connectivity index (χ0) is 23.0. The number of hydrogen-bond donors (Lipinski definition) is 2. The van der Waals surface area contributed by atoms with Gasteiger partial charge in [0.1, 0.15) is 11.5 Å². The molecule has 3 rings (SSSR count). The van der Waals surface area contributed by atoms with Crippen molar-refractivity contribution in [3.05, 3.63) is 42.5 Å². The summed E-state index contributed by atoms with van der Waals surface area (Å²) in [4.78, 5) is 12.7. The predicted octanol–water partition coefficient (Wildman–Crippen LogP) is 3.71. The molecule has 1 heterocycles. The van der Waals surface area contributed by atoms with Crippen molar-refractivity contribution in [3.63, 3.8) is 0 Å². The van der Waals surface area contributed by atoms with Gasteiger partial charge in [-0.25, -0.2) is 8.42 Å². The highest BCUT2D eigenvalue weighted by Gasteiger charge is 2.26. The van der Waals surface area contributed by atoms with E-state index in [-0.39, 0.29) is 17.3 Å². The fourth-order valence-corrected chi connectivity index (χ4v) is 5.12. The van der Waals surface area contributed by atoms with Crippen LogP contribution in [-0.2, 0) is 14.8 Å². The summed E-state index contributed by atoms with van der Waals surface area (Å²) in [5, 5.41) is 5.83. The van der Waals surface area contributed by atoms with Crippen molar-refractivity contribution >= 4 is 27.3 Å². The summed E-state index contributed by atoms with van der Waals surface area (Å²) in [7, 11) is -3.56. The van der Waals surface area contributed by atoms with Gasteiger partial charge in [-0.05, 0) is 57.0 Å². The van der Waals surface area contributed by atoms with Crippen LogP contribution in [0.3, 0.4) is 0 Å². The van der Waals surface area contributed by atoms with Gasteiger partial charge in [-0.2, -0.15) is 4.31 Å². The van der Waals surface area contributed by atoms with Gasteiger partial charge >= 0.3 is 0 Å². The number of piperidine rings is 1. The fourth-order valence-electron chi connectivity index (χ4n) is 3.55. The Morgan fingerprint density at radius 3 is 2.47 bits per heavy atom. The van der Waals surface area contributed by atoms with Gasteiger partial charge in [0.25, 0.3) is 0 Å². The molecule has 1 amide bonds. The zero-order valence-electron chi connectivity index (χ0n) is 18.6. The van der Waals surface area contributed by atoms with E-state index in [1.807, 2.05) is 19.9 Å². The van der Waals surface area contributed by atoms with Crippen LogP contribution in [-0.4, -0.2) is 51.5 Å². The van der Waals surface area contributed by atoms with Crippen LogP contribution in [0, 0.1) is 0 Å². The minimum Gasteiger partial charge on any atom is -0.494 e. The highest BCUT2D eigenvalue weighted by atomic mass is 32.2. The van der Waals surface area contributed by atoms with Gasteiger partial charge in [0, 0.05) is 24.8 Å². The topological polar surface area (TPSA) is 97.0 Å². The van der Waals surface area contributed by atoms with Crippen molar-refractivity contribution in [2.45, 2.75) is 38.0 Å². The molecule has 0 radical (unpaired) electrons. The summed E-state index contributed by atoms with van der Waals surface area (Å²) < 4.78 is 38.4. The number of carbonyl (C=O) groups excluding carboxylic acids is 1. The van der Waals surface area contributed by atoms with E-state index in [0.717, 1.165) is 19.3 Å². The highest BCUT2D eigenvalue weighted by Crippen LogP contribution is 2.29. The zero-order valence-corrected chi connectivity index (χ0v) is 19.4. The first kappa shape index (κ1) is 23.9. The summed E-state index contributed by atoms with van der Waals surface area (Å²) in [5.41, 5.74) is 1.08. The number of benzene rings is 2. The maximum Gasteiger partial charge on any atom is 0.243 e. The lowest BCUT2D eigenvalue weighted by Gasteiger charge is -2.26. The van der Waals surface area contributed by atoms with Gasteiger partial charge in [0.15, 0.2) is 0 Å². The van der Waals surface area contributed by atoms with E-state index in [1.54, 1.807) is 30.3 Å². The van der Waals surface area contributed by atoms with Crippen molar-refractivity contribution < 1.29 is 22.7 Å². The number of hydrogen-bond acceptors (Lipinski definition) is 6. The maximum atomic E-state index is 12.9. The SMILES string of the molecule is CCOc1ccc(OCC)c(NCC(=O)Nc2cccc(S(=O)(=O)N3CCCCC3)c2)c1. The molecule has 0 atom stereocenters. The van der Waals surface area contributed by atoms with Crippen LogP contribution in [0.1, 0.15) is 33.1 Å². The first-order chi connectivity index (χ1) is 15.4. The first-order valence-electron chi connectivity index (χ1n) is 11.0. The van der Waals surface area contributed by atoms with E-state index in [2.05, 4.69) is 10.6 Å². The molecular formula is C23H31N3O5S. The average Bonchev–Trinajstić information content (AvgIpc) is 2.80. The predicted molar refractivity (Wildman–Crippen MR) is 125 cm³/mol. The summed E-state index contributed by atoms with van der Waals surface area (Å²) in [5.74, 6) is 0.995. The smallest absolute Gasteiger partial charge is 0.243 e. The molecule has 2 aromatic rings. The molecule has 9 heteroatoms. The van der Waals surface area contributed by atoms with Crippen LogP contribution in [0.5, 0.6) is 11.5 Å². The second kappa shape index (κ2) is 11.2. The Kier molecular flexibility index (Phi) is 8.35. The van der Waals surface area contributed by atoms with Crippen molar-refractivity contribution in [3.8, 4) is 11.5 Å². The molecule has 2 N–H and O–H groups in total. The molecule has 32 heavy (non-hydrogen) atoms. The van der Waals surface area contributed by atoms with Gasteiger partial charge in [-0.1, -0.05) is 12.5 Å². The van der Waals surface area contributed by atoms with E-state index < -0.39 is 10.0 Å². The lowest BCUT2D eigenvalue weighted by Crippen LogP contribution is -2.35. The van der Waals surface area contributed by atoms with Gasteiger partial charge in [0.05, 0.1) is 30.3 Å². The first-order valence-corrected chi connectivity index (χ1v) is 12.4. The van der Waals surface area contributed by atoms with Crippen molar-refractivity contribution in [1.29, 1.82) is 0 Å². The summed E-state index contributed by atoms with van der Waals surface area (Å²) in [6.45, 7) is 5.86. The van der Waals surface area contributed by atoms with Crippen LogP contribution in [0.2, 0.25) is 0 Å². The van der Waals surface area contributed by atoms with Gasteiger partial charge < -0.3 is 20.1 Å². The Labute approximate surface area is 190 Å². The molecule has 0 spiro atoms. The quantitative estimate of drug-likeness (QED) is 0.560. The molecule has 0 saturated carbocycles. The van der Waals surface area contributed by atoms with E-state index in [0.29, 0.717) is 49.2 Å². The Bertz CT molecular complexity index is 1020. The standard InChI is InChI=1S/C23H31N3O5S/c1-3-30-19-11-12-22(31-4-2)21(16-19)24-17-23(27)25-18-9-8-10-20(15-18)32(28,29)26-13-6-5-7-14-26/h8-12,15-16,24H,3-7,13-14,17H2,1-2H3,(H,25,27). The third-order valence-corrected chi connectivity index (χ3v) is 6.97. The number of ether oxygens (including phenoxy) is 2. The van der Waals surface area contributed by atoms with Crippen LogP contribution in [0.4, 0.5) is 11.4 Å². The van der Waals surface area contributed by atoms with Crippen molar-refractivity contribution in [2.24, 2.45) is 0 Å². The van der Waals surface area contributed by atoms with E-state index in [9.17, 15) is 13.2 Å². The van der Waals surface area contributed by atoms with Crippen LogP contribution < -0.4 is 20.1 Å². The third kappa shape index (κ3) is 6.14. The van der Waals surface area contributed by atoms with Gasteiger partial charge in [-0.3, -0.25) is 4.79 Å². The van der Waals surface area contributed by atoms with Gasteiger partial charge in [0.2, 0.25) is 15.9 Å². The minimum absolute atomic E-state index is 0.0151. The van der Waals surface area contributed by atoms with Crippen LogP contribution in [0.15, 0.2) is 47.4 Å². The Morgan fingerprint density at radius 2 is 1.75 bits per heavy atom. The number of nitrogens with zero attached hydrogens (tertiary/aromatic N) is 1. The molecule has 0 bridgehead atoms. The van der Waals surface area contributed by atoms with E-state index in [4.69, 9.17) is 9.47 Å². The Morgan fingerprint density at radius 1 is 1.00 bits per heavy atom. The number of carbonyl (C=O) groups is 1. The number of anilines is 2. The Hall–Kier alpha value is -2.78. The lowest BCUT2D eigenvalue weighted by molar-refractivity contribution is -0.114. The molecule has 1 saturated heterocycles. The molecule has 1 aliphatic rings.